The van der Waals surface area contributed by atoms with E-state index >= 15 is 0 Å². The van der Waals surface area contributed by atoms with Crippen LogP contribution in [0.15, 0.2) is 0 Å². The smallest absolute Gasteiger partial charge is 0.450 e. The van der Waals surface area contributed by atoms with Gasteiger partial charge in [0.15, 0.2) is 0 Å². The zero-order chi connectivity index (χ0) is 7.15. The maximum Gasteiger partial charge on any atom is 0.503 e. The van der Waals surface area contributed by atoms with Crippen molar-refractivity contribution in [2.45, 2.75) is 0 Å². The van der Waals surface area contributed by atoms with Crippen molar-refractivity contribution in [1.29, 1.82) is 0 Å². The Morgan fingerprint density at radius 1 is 0.615 bits per heavy atom. The van der Waals surface area contributed by atoms with Crippen molar-refractivity contribution < 1.29 is 46.8 Å². The van der Waals surface area contributed by atoms with Gasteiger partial charge in [-0.1, -0.05) is 0 Å². The van der Waals surface area contributed by atoms with Crippen LogP contribution in [0.4, 0.5) is 9.59 Å². The van der Waals surface area contributed by atoms with Crippen LogP contribution in [0.2, 0.25) is 0 Å². The SMILES string of the molecule is N.N.N.N.O=C(O)O.O=C(O)O.[Co]. The Bertz CT molecular complexity index is 80.6. The summed E-state index contributed by atoms with van der Waals surface area (Å²) in [6, 6.07) is 0. The van der Waals surface area contributed by atoms with Crippen LogP contribution in [-0.2, 0) is 16.8 Å². The van der Waals surface area contributed by atoms with Crippen LogP contribution in [0.5, 0.6) is 0 Å². The van der Waals surface area contributed by atoms with Crippen LogP contribution in [0.3, 0.4) is 0 Å². The molecule has 0 heterocycles. The van der Waals surface area contributed by atoms with Gasteiger partial charge in [0.25, 0.3) is 0 Å². The third kappa shape index (κ3) is 693. The van der Waals surface area contributed by atoms with E-state index < -0.39 is 12.3 Å². The summed E-state index contributed by atoms with van der Waals surface area (Å²) in [5.74, 6) is 0. The van der Waals surface area contributed by atoms with E-state index in [0.717, 1.165) is 0 Å². The van der Waals surface area contributed by atoms with Gasteiger partial charge in [-0.3, -0.25) is 0 Å². The molecule has 1 radical (unpaired) electrons. The second-order valence-electron chi connectivity index (χ2n) is 0.565. The second kappa shape index (κ2) is 44.6. The molecule has 0 saturated carbocycles. The largest absolute Gasteiger partial charge is 0.503 e. The molecule has 0 aliphatic heterocycles. The van der Waals surface area contributed by atoms with Crippen LogP contribution >= 0.6 is 0 Å². The van der Waals surface area contributed by atoms with Gasteiger partial charge in [0.2, 0.25) is 0 Å². The minimum Gasteiger partial charge on any atom is -0.450 e. The van der Waals surface area contributed by atoms with Gasteiger partial charge >= 0.3 is 12.3 Å². The summed E-state index contributed by atoms with van der Waals surface area (Å²) < 4.78 is 0. The fraction of sp³-hybridized carbons (Fsp3) is 0. The van der Waals surface area contributed by atoms with E-state index in [2.05, 4.69) is 0 Å². The summed E-state index contributed by atoms with van der Waals surface area (Å²) >= 11 is 0. The van der Waals surface area contributed by atoms with Crippen LogP contribution < -0.4 is 24.6 Å². The molecule has 0 spiro atoms. The summed E-state index contributed by atoms with van der Waals surface area (Å²) in [5, 5.41) is 27.9. The van der Waals surface area contributed by atoms with E-state index in [1.807, 2.05) is 0 Å². The Morgan fingerprint density at radius 3 is 0.615 bits per heavy atom. The van der Waals surface area contributed by atoms with Gasteiger partial charge in [0.05, 0.1) is 0 Å². The summed E-state index contributed by atoms with van der Waals surface area (Å²) in [7, 11) is 0. The fourth-order valence-electron chi connectivity index (χ4n) is 0. The van der Waals surface area contributed by atoms with Crippen LogP contribution in [0.1, 0.15) is 0 Å². The molecule has 11 heteroatoms. The summed E-state index contributed by atoms with van der Waals surface area (Å²) in [4.78, 5) is 17.1. The van der Waals surface area contributed by atoms with Crippen molar-refractivity contribution in [3.63, 3.8) is 0 Å². The molecule has 0 aromatic heterocycles. The summed E-state index contributed by atoms with van der Waals surface area (Å²) in [5.41, 5.74) is 0. The predicted molar refractivity (Wildman–Crippen MR) is 41.4 cm³/mol. The van der Waals surface area contributed by atoms with E-state index in [9.17, 15) is 0 Å². The number of carboxylic acid groups (broad SMARTS) is 4. The quantitative estimate of drug-likeness (QED) is 0.303. The Labute approximate surface area is 84.5 Å². The molecule has 0 saturated heterocycles. The van der Waals surface area contributed by atoms with Gasteiger partial charge in [-0.2, -0.15) is 0 Å². The average Bonchev–Trinajstić information content (AvgIpc) is 1.25. The Morgan fingerprint density at radius 2 is 0.615 bits per heavy atom. The third-order valence-electron chi connectivity index (χ3n) is 0. The Balaban J connectivity index is -0.00000000800. The molecule has 89 valence electrons. The molecule has 0 atom stereocenters. The summed E-state index contributed by atoms with van der Waals surface area (Å²) in [6.45, 7) is 0. The Hall–Kier alpha value is -1.11. The van der Waals surface area contributed by atoms with E-state index in [-0.39, 0.29) is 41.4 Å². The van der Waals surface area contributed by atoms with Crippen molar-refractivity contribution in [1.82, 2.24) is 24.6 Å². The van der Waals surface area contributed by atoms with Crippen LogP contribution in [-0.4, -0.2) is 32.7 Å². The molecule has 10 nitrogen and oxygen atoms in total. The van der Waals surface area contributed by atoms with E-state index in [1.165, 1.54) is 0 Å². The fourth-order valence-corrected chi connectivity index (χ4v) is 0. The van der Waals surface area contributed by atoms with Crippen molar-refractivity contribution in [2.75, 3.05) is 0 Å². The zero-order valence-electron chi connectivity index (χ0n) is 6.77. The molecule has 0 rings (SSSR count). The topological polar surface area (TPSA) is 255 Å². The molecule has 0 bridgehead atoms. The number of carbonyl (C=O) groups is 2. The molecule has 0 aromatic carbocycles. The Kier molecular flexibility index (Phi) is 202. The first-order chi connectivity index (χ1) is 3.46. The third-order valence-corrected chi connectivity index (χ3v) is 0. The molecule has 0 aliphatic carbocycles. The average molecular weight is 251 g/mol. The number of hydrogen-bond acceptors (Lipinski definition) is 6. The van der Waals surface area contributed by atoms with Gasteiger partial charge < -0.3 is 45.0 Å². The molecule has 0 fully saturated rings. The van der Waals surface area contributed by atoms with Crippen LogP contribution in [0.25, 0.3) is 0 Å². The second-order valence-corrected chi connectivity index (χ2v) is 0.565. The van der Waals surface area contributed by atoms with E-state index in [4.69, 9.17) is 30.0 Å². The molecular weight excluding hydrogens is 235 g/mol. The monoisotopic (exact) mass is 251 g/mol. The van der Waals surface area contributed by atoms with Crippen molar-refractivity contribution in [3.8, 4) is 0 Å². The van der Waals surface area contributed by atoms with Gasteiger partial charge in [-0.15, -0.1) is 0 Å². The zero-order valence-corrected chi connectivity index (χ0v) is 7.81. The van der Waals surface area contributed by atoms with Gasteiger partial charge in [0, 0.05) is 16.8 Å². The summed E-state index contributed by atoms with van der Waals surface area (Å²) in [6.07, 6.45) is -3.67. The van der Waals surface area contributed by atoms with Gasteiger partial charge in [-0.05, 0) is 0 Å². The van der Waals surface area contributed by atoms with Gasteiger partial charge in [-0.25, -0.2) is 9.59 Å². The molecule has 0 aromatic rings. The van der Waals surface area contributed by atoms with Crippen molar-refractivity contribution >= 4 is 12.3 Å². The molecule has 13 heavy (non-hydrogen) atoms. The maximum absolute atomic E-state index is 8.56. The standard InChI is InChI=1S/2CH2O3.Co.4H3N/c2*2-1(3)4;;;;;/h2*(H2,2,3,4);;4*1H3. The molecule has 0 amide bonds. The van der Waals surface area contributed by atoms with Crippen molar-refractivity contribution in [2.24, 2.45) is 0 Å². The van der Waals surface area contributed by atoms with Crippen LogP contribution in [0, 0.1) is 0 Å². The normalized spacial score (nSPS) is 3.69. The number of rotatable bonds is 0. The van der Waals surface area contributed by atoms with E-state index in [0.29, 0.717) is 0 Å². The molecule has 16 N–H and O–H groups in total. The number of hydrogen-bond donors (Lipinski definition) is 8. The first-order valence-electron chi connectivity index (χ1n) is 1.30. The van der Waals surface area contributed by atoms with E-state index in [1.54, 1.807) is 0 Å². The first kappa shape index (κ1) is 59.0. The minimum absolute atomic E-state index is 0. The molecule has 0 aliphatic rings. The predicted octanol–water partition coefficient (Wildman–Crippen LogP) is 1.09. The van der Waals surface area contributed by atoms with Gasteiger partial charge in [0.1, 0.15) is 0 Å². The van der Waals surface area contributed by atoms with Crippen molar-refractivity contribution in [3.05, 3.63) is 0 Å². The first-order valence-corrected chi connectivity index (χ1v) is 1.30. The molecular formula is C2H16CoN4O6. The molecule has 0 unspecified atom stereocenters. The minimum atomic E-state index is -1.83. The maximum atomic E-state index is 8.56.